The third-order valence-corrected chi connectivity index (χ3v) is 12.4. The minimum Gasteiger partial charge on any atom is -0.377 e. The smallest absolute Gasteiger partial charge is 0.357 e. The van der Waals surface area contributed by atoms with E-state index in [0.29, 0.717) is 23.7 Å². The third-order valence-electron chi connectivity index (χ3n) is 10.9. The summed E-state index contributed by atoms with van der Waals surface area (Å²) in [5.74, 6) is 4.50. The van der Waals surface area contributed by atoms with Gasteiger partial charge in [-0.2, -0.15) is 0 Å². The average Bonchev–Trinajstić information content (AvgIpc) is 3.04. The summed E-state index contributed by atoms with van der Waals surface area (Å²) in [5.41, 5.74) is 1.56. The molecular weight excluding hydrogens is 419 g/mol. The molecule has 0 spiro atoms. The Labute approximate surface area is 195 Å². The summed E-state index contributed by atoms with van der Waals surface area (Å²) in [7, 11) is -4.53. The molecule has 0 heterocycles. The van der Waals surface area contributed by atoms with Crippen LogP contribution in [-0.2, 0) is 4.57 Å². The molecule has 4 rings (SSSR count). The standard InChI is InChI=1S/C27H47O4P/c1-18(2)7-6-8-19(3)22-11-12-23-21-10-9-20-17-27(28,32(29,30)31)16-15-25(20,4)24(21)13-14-26(22,23)5/h9,18-19,21-24,28H,6-8,10-17H2,1-5H3,(H2,29,30,31)/t19-,21+,22-,23+,24+,25+,26-,27+/m1/s1. The molecule has 3 N–H and O–H groups in total. The van der Waals surface area contributed by atoms with Crippen LogP contribution < -0.4 is 0 Å². The Balaban J connectivity index is 1.51. The van der Waals surface area contributed by atoms with Crippen LogP contribution in [0.25, 0.3) is 0 Å². The lowest BCUT2D eigenvalue weighted by Crippen LogP contribution is -2.52. The van der Waals surface area contributed by atoms with Crippen LogP contribution in [0.4, 0.5) is 0 Å². The first-order chi connectivity index (χ1) is 14.8. The number of fused-ring (bicyclic) bond motifs is 5. The molecule has 4 aliphatic rings. The van der Waals surface area contributed by atoms with E-state index in [1.54, 1.807) is 0 Å². The van der Waals surface area contributed by atoms with Crippen molar-refractivity contribution in [2.75, 3.05) is 0 Å². The molecule has 4 aliphatic carbocycles. The second-order valence-electron chi connectivity index (χ2n) is 13.0. The highest BCUT2D eigenvalue weighted by molar-refractivity contribution is 7.53. The molecular formula is C27H47O4P. The summed E-state index contributed by atoms with van der Waals surface area (Å²) in [5, 5.41) is 8.88. The van der Waals surface area contributed by atoms with E-state index in [4.69, 9.17) is 0 Å². The van der Waals surface area contributed by atoms with Crippen molar-refractivity contribution in [1.29, 1.82) is 0 Å². The van der Waals surface area contributed by atoms with Crippen LogP contribution in [0.1, 0.15) is 105 Å². The highest BCUT2D eigenvalue weighted by Gasteiger charge is 2.61. The number of hydrogen-bond donors (Lipinski definition) is 3. The third kappa shape index (κ3) is 4.00. The molecule has 0 aliphatic heterocycles. The molecule has 0 aromatic rings. The second-order valence-corrected chi connectivity index (χ2v) is 14.9. The molecule has 0 unspecified atom stereocenters. The summed E-state index contributed by atoms with van der Waals surface area (Å²) in [6.07, 6.45) is 13.7. The van der Waals surface area contributed by atoms with Crippen LogP contribution in [0.15, 0.2) is 11.6 Å². The molecule has 184 valence electrons. The number of rotatable bonds is 6. The van der Waals surface area contributed by atoms with Crippen molar-refractivity contribution in [2.45, 2.75) is 111 Å². The fourth-order valence-electron chi connectivity index (χ4n) is 8.90. The van der Waals surface area contributed by atoms with E-state index >= 15 is 0 Å². The van der Waals surface area contributed by atoms with Crippen LogP contribution in [0, 0.1) is 46.3 Å². The molecule has 4 nitrogen and oxygen atoms in total. The number of allylic oxidation sites excluding steroid dienone is 1. The van der Waals surface area contributed by atoms with Crippen molar-refractivity contribution < 1.29 is 19.5 Å². The van der Waals surface area contributed by atoms with Gasteiger partial charge < -0.3 is 14.9 Å². The summed E-state index contributed by atoms with van der Waals surface area (Å²) in [6.45, 7) is 12.1. The molecule has 5 heteroatoms. The van der Waals surface area contributed by atoms with E-state index in [1.165, 1.54) is 44.9 Å². The Hall–Kier alpha value is -0.150. The molecule has 3 fully saturated rings. The highest BCUT2D eigenvalue weighted by atomic mass is 31.2. The van der Waals surface area contributed by atoms with Crippen LogP contribution in [-0.4, -0.2) is 20.2 Å². The summed E-state index contributed by atoms with van der Waals surface area (Å²) in [6, 6.07) is 0. The fraction of sp³-hybridized carbons (Fsp3) is 0.926. The quantitative estimate of drug-likeness (QED) is 0.294. The fourth-order valence-corrected chi connectivity index (χ4v) is 9.68. The summed E-state index contributed by atoms with van der Waals surface area (Å²) < 4.78 is 12.0. The zero-order valence-electron chi connectivity index (χ0n) is 21.0. The van der Waals surface area contributed by atoms with Crippen molar-refractivity contribution >= 4 is 7.60 Å². The van der Waals surface area contributed by atoms with E-state index in [-0.39, 0.29) is 18.3 Å². The number of aliphatic hydroxyl groups is 1. The van der Waals surface area contributed by atoms with Gasteiger partial charge in [-0.3, -0.25) is 4.57 Å². The summed E-state index contributed by atoms with van der Waals surface area (Å²) >= 11 is 0. The van der Waals surface area contributed by atoms with Crippen molar-refractivity contribution in [3.8, 4) is 0 Å². The lowest BCUT2D eigenvalue weighted by molar-refractivity contribution is -0.0636. The van der Waals surface area contributed by atoms with Crippen molar-refractivity contribution in [2.24, 2.45) is 46.3 Å². The van der Waals surface area contributed by atoms with Gasteiger partial charge in [-0.1, -0.05) is 65.5 Å². The topological polar surface area (TPSA) is 77.8 Å². The van der Waals surface area contributed by atoms with Gasteiger partial charge in [-0.25, -0.2) is 0 Å². The highest BCUT2D eigenvalue weighted by Crippen LogP contribution is 2.69. The van der Waals surface area contributed by atoms with E-state index in [1.807, 2.05) is 0 Å². The molecule has 8 atom stereocenters. The van der Waals surface area contributed by atoms with Gasteiger partial charge in [0.15, 0.2) is 5.34 Å². The predicted octanol–water partition coefficient (Wildman–Crippen LogP) is 6.89. The van der Waals surface area contributed by atoms with Crippen LogP contribution in [0.2, 0.25) is 0 Å². The maximum absolute atomic E-state index is 12.0. The Morgan fingerprint density at radius 3 is 2.41 bits per heavy atom. The van der Waals surface area contributed by atoms with E-state index in [9.17, 15) is 19.5 Å². The number of hydrogen-bond acceptors (Lipinski definition) is 2. The predicted molar refractivity (Wildman–Crippen MR) is 130 cm³/mol. The second kappa shape index (κ2) is 8.51. The minimum absolute atomic E-state index is 0.00733. The zero-order chi connectivity index (χ0) is 23.5. The maximum atomic E-state index is 12.0. The molecule has 0 saturated heterocycles. The van der Waals surface area contributed by atoms with Crippen molar-refractivity contribution in [3.05, 3.63) is 11.6 Å². The van der Waals surface area contributed by atoms with Gasteiger partial charge >= 0.3 is 7.60 Å². The molecule has 0 aromatic heterocycles. The van der Waals surface area contributed by atoms with Crippen molar-refractivity contribution in [1.82, 2.24) is 0 Å². The van der Waals surface area contributed by atoms with Gasteiger partial charge in [-0.15, -0.1) is 0 Å². The van der Waals surface area contributed by atoms with E-state index in [2.05, 4.69) is 40.7 Å². The Morgan fingerprint density at radius 1 is 1.03 bits per heavy atom. The normalized spacial score (nSPS) is 45.1. The first-order valence-corrected chi connectivity index (χ1v) is 14.9. The van der Waals surface area contributed by atoms with Crippen LogP contribution in [0.3, 0.4) is 0 Å². The Morgan fingerprint density at radius 2 is 1.75 bits per heavy atom. The zero-order valence-corrected chi connectivity index (χ0v) is 21.9. The summed E-state index contributed by atoms with van der Waals surface area (Å²) in [4.78, 5) is 19.5. The van der Waals surface area contributed by atoms with E-state index in [0.717, 1.165) is 35.7 Å². The molecule has 0 amide bonds. The molecule has 32 heavy (non-hydrogen) atoms. The van der Waals surface area contributed by atoms with E-state index < -0.39 is 12.9 Å². The largest absolute Gasteiger partial charge is 0.377 e. The average molecular weight is 467 g/mol. The Bertz CT molecular complexity index is 787. The van der Waals surface area contributed by atoms with Gasteiger partial charge in [0.25, 0.3) is 0 Å². The van der Waals surface area contributed by atoms with Gasteiger partial charge in [0.2, 0.25) is 0 Å². The SMILES string of the molecule is CC(C)CCC[C@@H](C)[C@H]1CC[C@H]2[C@@H]3CC=C4C[C@@](O)(P(=O)(O)O)CC[C@]4(C)[C@H]3CC[C@]12C. The lowest BCUT2D eigenvalue weighted by atomic mass is 9.47. The van der Waals surface area contributed by atoms with Crippen LogP contribution >= 0.6 is 7.60 Å². The van der Waals surface area contributed by atoms with Gasteiger partial charge in [-0.05, 0) is 91.3 Å². The van der Waals surface area contributed by atoms with Gasteiger partial charge in [0, 0.05) is 6.42 Å². The monoisotopic (exact) mass is 466 g/mol. The lowest BCUT2D eigenvalue weighted by Gasteiger charge is -2.59. The maximum Gasteiger partial charge on any atom is 0.357 e. The molecule has 0 aromatic carbocycles. The minimum atomic E-state index is -4.53. The molecule has 0 radical (unpaired) electrons. The molecule has 0 bridgehead atoms. The van der Waals surface area contributed by atoms with Crippen molar-refractivity contribution in [3.63, 3.8) is 0 Å². The first-order valence-electron chi connectivity index (χ1n) is 13.3. The van der Waals surface area contributed by atoms with Gasteiger partial charge in [0.1, 0.15) is 0 Å². The van der Waals surface area contributed by atoms with Gasteiger partial charge in [0.05, 0.1) is 0 Å². The first kappa shape index (κ1) is 25.0. The Kier molecular flexibility index (Phi) is 6.63. The molecule has 3 saturated carbocycles. The van der Waals surface area contributed by atoms with Crippen LogP contribution in [0.5, 0.6) is 0 Å².